The fourth-order valence-electron chi connectivity index (χ4n) is 3.85. The maximum absolute atomic E-state index is 14.8. The second-order valence-electron chi connectivity index (χ2n) is 8.14. The van der Waals surface area contributed by atoms with Gasteiger partial charge in [-0.3, -0.25) is 9.59 Å². The second kappa shape index (κ2) is 9.68. The predicted octanol–water partition coefficient (Wildman–Crippen LogP) is 3.84. The van der Waals surface area contributed by atoms with E-state index in [1.807, 2.05) is 12.1 Å². The molecule has 4 N–H and O–H groups in total. The highest BCUT2D eigenvalue weighted by atomic mass is 32.1. The van der Waals surface area contributed by atoms with Crippen molar-refractivity contribution in [2.24, 2.45) is 5.73 Å². The summed E-state index contributed by atoms with van der Waals surface area (Å²) in [6.07, 6.45) is 1.20. The van der Waals surface area contributed by atoms with Crippen molar-refractivity contribution in [1.29, 1.82) is 0 Å². The molecule has 1 aliphatic rings. The number of aliphatic hydroxyl groups excluding tert-OH is 1. The smallest absolute Gasteiger partial charge is 0.251 e. The van der Waals surface area contributed by atoms with Crippen LogP contribution >= 0.6 is 11.3 Å². The molecule has 1 aromatic carbocycles. The van der Waals surface area contributed by atoms with Gasteiger partial charge in [0.05, 0.1) is 23.9 Å². The van der Waals surface area contributed by atoms with E-state index in [1.54, 1.807) is 36.1 Å². The van der Waals surface area contributed by atoms with E-state index >= 15 is 0 Å². The third kappa shape index (κ3) is 5.37. The first-order valence-corrected chi connectivity index (χ1v) is 11.5. The molecule has 1 unspecified atom stereocenters. The molecule has 2 amide bonds. The number of anilines is 2. The van der Waals surface area contributed by atoms with Gasteiger partial charge in [-0.05, 0) is 49.6 Å². The van der Waals surface area contributed by atoms with Gasteiger partial charge in [0.15, 0.2) is 0 Å². The summed E-state index contributed by atoms with van der Waals surface area (Å²) in [6.45, 7) is 2.80. The summed E-state index contributed by atoms with van der Waals surface area (Å²) >= 11 is 1.20. The fraction of sp³-hybridized carbons (Fsp3) is 0.292. The Morgan fingerprint density at radius 2 is 2.15 bits per heavy atom. The maximum atomic E-state index is 14.8. The number of nitrogens with two attached hydrogens (primary N) is 1. The standard InChI is InChI=1S/C24H25FN4O3S/c1-14(30)10-15-7-8-17(19(25)11-15)20-12-18(23(26)32)24(33-20)28-21-5-2-4-16(27-21)13-29-9-3-6-22(29)31/h2,4-5,7-8,11-12,14,30H,3,6,9-10,13H2,1H3,(H2,26,32)(H,27,28). The minimum absolute atomic E-state index is 0.121. The predicted molar refractivity (Wildman–Crippen MR) is 126 cm³/mol. The van der Waals surface area contributed by atoms with E-state index in [4.69, 9.17) is 5.73 Å². The van der Waals surface area contributed by atoms with E-state index in [2.05, 4.69) is 10.3 Å². The Morgan fingerprint density at radius 1 is 1.33 bits per heavy atom. The first kappa shape index (κ1) is 22.9. The lowest BCUT2D eigenvalue weighted by atomic mass is 10.0. The number of thiophene rings is 1. The number of carbonyl (C=O) groups is 2. The van der Waals surface area contributed by atoms with Crippen LogP contribution in [0.2, 0.25) is 0 Å². The minimum Gasteiger partial charge on any atom is -0.393 e. The SMILES string of the molecule is CC(O)Cc1ccc(-c2cc(C(N)=O)c(Nc3cccc(CN4CCCC4=O)n3)s2)c(F)c1. The van der Waals surface area contributed by atoms with Crippen molar-refractivity contribution in [2.45, 2.75) is 38.8 Å². The molecule has 1 aliphatic heterocycles. The Bertz CT molecular complexity index is 1190. The van der Waals surface area contributed by atoms with Gasteiger partial charge in [-0.15, -0.1) is 11.3 Å². The Labute approximate surface area is 195 Å². The molecule has 1 atom stereocenters. The second-order valence-corrected chi connectivity index (χ2v) is 9.20. The van der Waals surface area contributed by atoms with Crippen LogP contribution in [0.25, 0.3) is 10.4 Å². The normalized spacial score (nSPS) is 14.5. The zero-order valence-electron chi connectivity index (χ0n) is 18.2. The number of amides is 2. The van der Waals surface area contributed by atoms with Crippen LogP contribution in [0.1, 0.15) is 41.4 Å². The Kier molecular flexibility index (Phi) is 6.71. The van der Waals surface area contributed by atoms with E-state index in [1.165, 1.54) is 17.4 Å². The van der Waals surface area contributed by atoms with Crippen LogP contribution in [-0.2, 0) is 17.8 Å². The summed E-state index contributed by atoms with van der Waals surface area (Å²) in [6, 6.07) is 11.8. The number of aliphatic hydroxyl groups is 1. The van der Waals surface area contributed by atoms with Gasteiger partial charge >= 0.3 is 0 Å². The van der Waals surface area contributed by atoms with Crippen molar-refractivity contribution >= 4 is 34.0 Å². The van der Waals surface area contributed by atoms with Gasteiger partial charge in [-0.25, -0.2) is 9.37 Å². The van der Waals surface area contributed by atoms with Gasteiger partial charge in [0, 0.05) is 23.4 Å². The molecule has 9 heteroatoms. The number of likely N-dealkylation sites (tertiary alicyclic amines) is 1. The molecule has 0 bridgehead atoms. The van der Waals surface area contributed by atoms with Crippen molar-refractivity contribution in [3.05, 3.63) is 65.1 Å². The number of hydrogen-bond donors (Lipinski definition) is 3. The molecule has 0 aliphatic carbocycles. The Balaban J connectivity index is 1.58. The summed E-state index contributed by atoms with van der Waals surface area (Å²) in [5.41, 5.74) is 7.58. The van der Waals surface area contributed by atoms with E-state index in [-0.39, 0.29) is 11.5 Å². The molecule has 7 nitrogen and oxygen atoms in total. The number of benzene rings is 1. The van der Waals surface area contributed by atoms with Gasteiger partial charge in [-0.2, -0.15) is 0 Å². The van der Waals surface area contributed by atoms with Crippen molar-refractivity contribution in [3.63, 3.8) is 0 Å². The highest BCUT2D eigenvalue weighted by Crippen LogP contribution is 2.38. The Hall–Kier alpha value is -3.30. The lowest BCUT2D eigenvalue weighted by Gasteiger charge is -2.15. The number of nitrogens with one attached hydrogen (secondary N) is 1. The number of nitrogens with zero attached hydrogens (tertiary/aromatic N) is 2. The van der Waals surface area contributed by atoms with E-state index in [0.29, 0.717) is 46.2 Å². The maximum Gasteiger partial charge on any atom is 0.251 e. The van der Waals surface area contributed by atoms with Gasteiger partial charge in [0.2, 0.25) is 5.91 Å². The summed E-state index contributed by atoms with van der Waals surface area (Å²) in [4.78, 5) is 30.8. The van der Waals surface area contributed by atoms with Gasteiger partial charge in [0.25, 0.3) is 5.91 Å². The summed E-state index contributed by atoms with van der Waals surface area (Å²) in [7, 11) is 0. The highest BCUT2D eigenvalue weighted by molar-refractivity contribution is 7.19. The van der Waals surface area contributed by atoms with Crippen LogP contribution < -0.4 is 11.1 Å². The van der Waals surface area contributed by atoms with Crippen molar-refractivity contribution < 1.29 is 19.1 Å². The Morgan fingerprint density at radius 3 is 2.82 bits per heavy atom. The fourth-order valence-corrected chi connectivity index (χ4v) is 4.94. The number of aromatic nitrogens is 1. The monoisotopic (exact) mass is 468 g/mol. The molecular weight excluding hydrogens is 443 g/mol. The molecule has 1 saturated heterocycles. The van der Waals surface area contributed by atoms with Gasteiger partial charge in [-0.1, -0.05) is 18.2 Å². The lowest BCUT2D eigenvalue weighted by Crippen LogP contribution is -2.24. The number of carbonyl (C=O) groups excluding carboxylic acids is 2. The van der Waals surface area contributed by atoms with E-state index in [0.717, 1.165) is 18.7 Å². The van der Waals surface area contributed by atoms with Crippen LogP contribution in [0.15, 0.2) is 42.5 Å². The molecule has 1 fully saturated rings. The largest absolute Gasteiger partial charge is 0.393 e. The highest BCUT2D eigenvalue weighted by Gasteiger charge is 2.21. The molecule has 3 aromatic rings. The van der Waals surface area contributed by atoms with Crippen molar-refractivity contribution in [1.82, 2.24) is 9.88 Å². The third-order valence-corrected chi connectivity index (χ3v) is 6.48. The molecular formula is C24H25FN4O3S. The first-order chi connectivity index (χ1) is 15.8. The summed E-state index contributed by atoms with van der Waals surface area (Å²) in [5.74, 6) is -0.448. The average Bonchev–Trinajstić information content (AvgIpc) is 3.34. The van der Waals surface area contributed by atoms with Gasteiger partial charge in [0.1, 0.15) is 16.6 Å². The quantitative estimate of drug-likeness (QED) is 0.466. The average molecular weight is 469 g/mol. The first-order valence-electron chi connectivity index (χ1n) is 10.7. The number of hydrogen-bond acceptors (Lipinski definition) is 6. The number of pyridine rings is 1. The van der Waals surface area contributed by atoms with Crippen LogP contribution in [0.5, 0.6) is 0 Å². The number of halogens is 1. The molecule has 2 aromatic heterocycles. The molecule has 0 spiro atoms. The van der Waals surface area contributed by atoms with Crippen molar-refractivity contribution in [3.8, 4) is 10.4 Å². The lowest BCUT2D eigenvalue weighted by molar-refractivity contribution is -0.128. The summed E-state index contributed by atoms with van der Waals surface area (Å²) in [5, 5.41) is 13.1. The minimum atomic E-state index is -0.634. The van der Waals surface area contributed by atoms with Crippen LogP contribution in [0, 0.1) is 5.82 Å². The molecule has 0 radical (unpaired) electrons. The van der Waals surface area contributed by atoms with Gasteiger partial charge < -0.3 is 21.1 Å². The number of rotatable bonds is 8. The molecule has 0 saturated carbocycles. The molecule has 33 heavy (non-hydrogen) atoms. The number of primary amides is 1. The van der Waals surface area contributed by atoms with Crippen molar-refractivity contribution in [2.75, 3.05) is 11.9 Å². The van der Waals surface area contributed by atoms with Crippen LogP contribution in [0.3, 0.4) is 0 Å². The van der Waals surface area contributed by atoms with E-state index < -0.39 is 17.8 Å². The zero-order valence-corrected chi connectivity index (χ0v) is 19.0. The molecule has 3 heterocycles. The molecule has 172 valence electrons. The van der Waals surface area contributed by atoms with E-state index in [9.17, 15) is 19.1 Å². The summed E-state index contributed by atoms with van der Waals surface area (Å²) < 4.78 is 14.8. The zero-order chi connectivity index (χ0) is 23.5. The third-order valence-electron chi connectivity index (χ3n) is 5.40. The van der Waals surface area contributed by atoms with Crippen LogP contribution in [0.4, 0.5) is 15.2 Å². The topological polar surface area (TPSA) is 109 Å². The van der Waals surface area contributed by atoms with Crippen LogP contribution in [-0.4, -0.2) is 39.5 Å². The molecule has 4 rings (SSSR count).